The average molecular weight is 565 g/mol. The summed E-state index contributed by atoms with van der Waals surface area (Å²) in [6.07, 6.45) is -3.91. The largest absolute Gasteiger partial charge is 0.496 e. The number of nitrogens with zero attached hydrogens (tertiary/aromatic N) is 5. The van der Waals surface area contributed by atoms with Gasteiger partial charge in [-0.15, -0.1) is 10.2 Å². The van der Waals surface area contributed by atoms with Gasteiger partial charge >= 0.3 is 6.18 Å². The Labute approximate surface area is 223 Å². The van der Waals surface area contributed by atoms with E-state index in [9.17, 15) is 26.4 Å². The van der Waals surface area contributed by atoms with Crippen molar-refractivity contribution in [3.8, 4) is 17.3 Å². The molecule has 2 aliphatic heterocycles. The number of alkyl halides is 3. The molecule has 0 aliphatic carbocycles. The maximum atomic E-state index is 13.3. The number of amides is 1. The molecule has 1 aromatic carbocycles. The van der Waals surface area contributed by atoms with Crippen LogP contribution in [0.5, 0.6) is 5.75 Å². The van der Waals surface area contributed by atoms with E-state index in [-0.39, 0.29) is 36.9 Å². The molecule has 1 atom stereocenters. The highest BCUT2D eigenvalue weighted by Gasteiger charge is 2.34. The molecule has 39 heavy (non-hydrogen) atoms. The molecule has 14 heteroatoms. The van der Waals surface area contributed by atoms with Crippen molar-refractivity contribution in [3.63, 3.8) is 0 Å². The van der Waals surface area contributed by atoms with Gasteiger partial charge < -0.3 is 14.6 Å². The van der Waals surface area contributed by atoms with Crippen LogP contribution in [-0.4, -0.2) is 64.0 Å². The Balaban J connectivity index is 1.37. The van der Waals surface area contributed by atoms with Crippen LogP contribution in [0.15, 0.2) is 30.3 Å². The van der Waals surface area contributed by atoms with Crippen molar-refractivity contribution in [2.45, 2.75) is 51.4 Å². The molecule has 0 unspecified atom stereocenters. The van der Waals surface area contributed by atoms with Gasteiger partial charge in [-0.1, -0.05) is 6.07 Å². The van der Waals surface area contributed by atoms with E-state index in [4.69, 9.17) is 4.74 Å². The first-order valence-electron chi connectivity index (χ1n) is 12.4. The molecule has 0 fully saturated rings. The van der Waals surface area contributed by atoms with E-state index in [1.165, 1.54) is 13.2 Å². The van der Waals surface area contributed by atoms with Crippen molar-refractivity contribution in [3.05, 3.63) is 52.8 Å². The normalized spacial score (nSPS) is 17.5. The Hall–Kier alpha value is -3.52. The summed E-state index contributed by atoms with van der Waals surface area (Å²) < 4.78 is 71.5. The zero-order chi connectivity index (χ0) is 27.9. The molecule has 0 saturated heterocycles. The van der Waals surface area contributed by atoms with Crippen LogP contribution in [0.25, 0.3) is 11.5 Å². The molecule has 1 amide bonds. The number of carbonyl (C=O) groups excluding carboxylic acids is 1. The minimum atomic E-state index is -4.57. The molecule has 2 aliphatic rings. The molecular formula is C25H27F3N6O4S. The van der Waals surface area contributed by atoms with Gasteiger partial charge in [-0.25, -0.2) is 13.4 Å². The first kappa shape index (κ1) is 27.1. The second kappa shape index (κ2) is 10.2. The van der Waals surface area contributed by atoms with Gasteiger partial charge in [-0.05, 0) is 55.2 Å². The van der Waals surface area contributed by atoms with Gasteiger partial charge in [0.15, 0.2) is 5.82 Å². The Morgan fingerprint density at radius 1 is 1.18 bits per heavy atom. The monoisotopic (exact) mass is 564 g/mol. The Morgan fingerprint density at radius 3 is 2.72 bits per heavy atom. The van der Waals surface area contributed by atoms with Crippen molar-refractivity contribution >= 4 is 21.7 Å². The number of methoxy groups -OCH3 is 1. The fraction of sp³-hybridized carbons (Fsp3) is 0.440. The molecule has 1 N–H and O–H groups in total. The van der Waals surface area contributed by atoms with Crippen LogP contribution >= 0.6 is 0 Å². The molecule has 5 rings (SSSR count). The van der Waals surface area contributed by atoms with Gasteiger partial charge in [0.25, 0.3) is 5.91 Å². The smallest absolute Gasteiger partial charge is 0.390 e. The van der Waals surface area contributed by atoms with E-state index >= 15 is 0 Å². The number of nitrogens with one attached hydrogen (secondary N) is 1. The van der Waals surface area contributed by atoms with E-state index in [0.29, 0.717) is 22.8 Å². The van der Waals surface area contributed by atoms with E-state index in [1.54, 1.807) is 24.3 Å². The Morgan fingerprint density at radius 2 is 1.97 bits per heavy atom. The molecule has 0 saturated carbocycles. The maximum Gasteiger partial charge on any atom is 0.390 e. The van der Waals surface area contributed by atoms with Crippen LogP contribution < -0.4 is 10.1 Å². The number of hydrogen-bond acceptors (Lipinski definition) is 7. The van der Waals surface area contributed by atoms with E-state index in [0.717, 1.165) is 28.5 Å². The van der Waals surface area contributed by atoms with E-state index in [2.05, 4.69) is 27.4 Å². The van der Waals surface area contributed by atoms with Gasteiger partial charge in [0.2, 0.25) is 10.0 Å². The number of aryl methyl sites for hydroxylation is 1. The van der Waals surface area contributed by atoms with Crippen molar-refractivity contribution in [2.75, 3.05) is 24.7 Å². The third-order valence-corrected chi connectivity index (χ3v) is 8.81. The molecule has 0 bridgehead atoms. The molecule has 2 aromatic heterocycles. The van der Waals surface area contributed by atoms with Crippen molar-refractivity contribution in [1.29, 1.82) is 0 Å². The Bertz CT molecular complexity index is 1520. The zero-order valence-corrected chi connectivity index (χ0v) is 22.1. The maximum absolute atomic E-state index is 13.3. The molecule has 0 radical (unpaired) electrons. The SMILES string of the molecule is COc1cc2c(cc1C(=O)Nc1cccc(-c3nnc4n3[C@H](C)CC4)n1)CN(S(=O)(=O)CCC(F)(F)F)CC2. The number of ether oxygens (including phenoxy) is 1. The lowest BCUT2D eigenvalue weighted by molar-refractivity contribution is -0.130. The average Bonchev–Trinajstić information content (AvgIpc) is 3.49. The fourth-order valence-electron chi connectivity index (χ4n) is 4.93. The second-order valence-corrected chi connectivity index (χ2v) is 11.7. The van der Waals surface area contributed by atoms with Crippen LogP contribution in [0.3, 0.4) is 0 Å². The molecule has 4 heterocycles. The first-order chi connectivity index (χ1) is 18.4. The number of aromatic nitrogens is 4. The summed E-state index contributed by atoms with van der Waals surface area (Å²) in [4.78, 5) is 17.8. The summed E-state index contributed by atoms with van der Waals surface area (Å²) in [7, 11) is -2.72. The zero-order valence-electron chi connectivity index (χ0n) is 21.3. The van der Waals surface area contributed by atoms with Crippen LogP contribution in [-0.2, 0) is 29.4 Å². The highest BCUT2D eigenvalue weighted by molar-refractivity contribution is 7.89. The predicted octanol–water partition coefficient (Wildman–Crippen LogP) is 3.75. The summed E-state index contributed by atoms with van der Waals surface area (Å²) in [5.74, 6) is 0.518. The third kappa shape index (κ3) is 5.62. The lowest BCUT2D eigenvalue weighted by Gasteiger charge is -2.29. The predicted molar refractivity (Wildman–Crippen MR) is 136 cm³/mol. The number of anilines is 1. The first-order valence-corrected chi connectivity index (χ1v) is 14.0. The number of hydrogen-bond donors (Lipinski definition) is 1. The molecule has 0 spiro atoms. The molecule has 10 nitrogen and oxygen atoms in total. The number of halogens is 3. The molecule has 208 valence electrons. The van der Waals surface area contributed by atoms with Crippen molar-refractivity contribution in [1.82, 2.24) is 24.1 Å². The topological polar surface area (TPSA) is 119 Å². The highest BCUT2D eigenvalue weighted by Crippen LogP contribution is 2.32. The highest BCUT2D eigenvalue weighted by atomic mass is 32.2. The van der Waals surface area contributed by atoms with Gasteiger partial charge in [0.05, 0.1) is 24.8 Å². The van der Waals surface area contributed by atoms with Crippen molar-refractivity contribution in [2.24, 2.45) is 0 Å². The number of pyridine rings is 1. The molecular weight excluding hydrogens is 537 g/mol. The van der Waals surface area contributed by atoms with Gasteiger partial charge in [0.1, 0.15) is 23.1 Å². The summed E-state index contributed by atoms with van der Waals surface area (Å²) in [5, 5.41) is 11.3. The van der Waals surface area contributed by atoms with E-state index in [1.807, 2.05) is 4.57 Å². The summed E-state index contributed by atoms with van der Waals surface area (Å²) >= 11 is 0. The van der Waals surface area contributed by atoms with Gasteiger partial charge in [-0.3, -0.25) is 4.79 Å². The van der Waals surface area contributed by atoms with Crippen LogP contribution in [0.2, 0.25) is 0 Å². The minimum absolute atomic E-state index is 0.0452. The van der Waals surface area contributed by atoms with Crippen LogP contribution in [0.4, 0.5) is 19.0 Å². The molecule has 3 aromatic rings. The number of rotatable bonds is 7. The lowest BCUT2D eigenvalue weighted by Crippen LogP contribution is -2.38. The second-order valence-electron chi connectivity index (χ2n) is 9.65. The van der Waals surface area contributed by atoms with E-state index < -0.39 is 34.3 Å². The van der Waals surface area contributed by atoms with Crippen LogP contribution in [0.1, 0.15) is 53.1 Å². The third-order valence-electron chi connectivity index (χ3n) is 6.99. The summed E-state index contributed by atoms with van der Waals surface area (Å²) in [6.45, 7) is 1.99. The quantitative estimate of drug-likeness (QED) is 0.464. The van der Waals surface area contributed by atoms with Crippen LogP contribution in [0, 0.1) is 0 Å². The number of carbonyl (C=O) groups is 1. The number of benzene rings is 1. The Kier molecular flexibility index (Phi) is 7.10. The van der Waals surface area contributed by atoms with Gasteiger partial charge in [-0.2, -0.15) is 17.5 Å². The van der Waals surface area contributed by atoms with Crippen molar-refractivity contribution < 1.29 is 31.1 Å². The lowest BCUT2D eigenvalue weighted by atomic mass is 9.97. The summed E-state index contributed by atoms with van der Waals surface area (Å²) in [6, 6.07) is 8.58. The minimum Gasteiger partial charge on any atom is -0.496 e. The van der Waals surface area contributed by atoms with Gasteiger partial charge in [0, 0.05) is 25.6 Å². The summed E-state index contributed by atoms with van der Waals surface area (Å²) in [5.41, 5.74) is 1.99. The fourth-order valence-corrected chi connectivity index (χ4v) is 6.38. The standard InChI is InChI=1S/C25H27F3N6O4S/c1-15-6-7-22-31-32-23(34(15)22)19-4-3-5-21(29-19)30-24(35)18-12-17-14-33(10-8-16(17)13-20(18)38-2)39(36,37)11-9-25(26,27)28/h3-5,12-13,15H,6-11,14H2,1-2H3,(H,29,30,35)/t15-/m1/s1. The number of sulfonamides is 1. The number of fused-ring (bicyclic) bond motifs is 2.